The van der Waals surface area contributed by atoms with Crippen LogP contribution in [0.5, 0.6) is 0 Å². The van der Waals surface area contributed by atoms with E-state index < -0.39 is 15.9 Å². The minimum atomic E-state index is -3.05. The summed E-state index contributed by atoms with van der Waals surface area (Å²) in [6.07, 6.45) is 0.895. The van der Waals surface area contributed by atoms with Gasteiger partial charge in [-0.15, -0.1) is 0 Å². The Labute approximate surface area is 129 Å². The SMILES string of the molecule is CN(C(=O)C1Cc2ccccc2C(=O)N1)C1CCS(=O)(=O)C1. The van der Waals surface area contributed by atoms with Crippen LogP contribution in [0.3, 0.4) is 0 Å². The van der Waals surface area contributed by atoms with Crippen molar-refractivity contribution in [2.24, 2.45) is 0 Å². The molecule has 118 valence electrons. The molecule has 7 heteroatoms. The summed E-state index contributed by atoms with van der Waals surface area (Å²) < 4.78 is 23.1. The van der Waals surface area contributed by atoms with Crippen LogP contribution in [-0.4, -0.2) is 55.8 Å². The molecule has 6 nitrogen and oxygen atoms in total. The normalized spacial score (nSPS) is 26.1. The van der Waals surface area contributed by atoms with Crippen molar-refractivity contribution in [1.82, 2.24) is 10.2 Å². The molecule has 22 heavy (non-hydrogen) atoms. The van der Waals surface area contributed by atoms with Gasteiger partial charge in [-0.25, -0.2) is 8.42 Å². The molecule has 2 aliphatic heterocycles. The highest BCUT2D eigenvalue weighted by Gasteiger charge is 2.37. The van der Waals surface area contributed by atoms with Gasteiger partial charge in [0, 0.05) is 25.1 Å². The Morgan fingerprint density at radius 1 is 1.32 bits per heavy atom. The van der Waals surface area contributed by atoms with Crippen LogP contribution in [0.1, 0.15) is 22.3 Å². The molecule has 0 radical (unpaired) electrons. The Morgan fingerprint density at radius 3 is 2.73 bits per heavy atom. The molecule has 1 aromatic carbocycles. The van der Waals surface area contributed by atoms with Crippen LogP contribution in [-0.2, 0) is 21.1 Å². The van der Waals surface area contributed by atoms with E-state index >= 15 is 0 Å². The first-order valence-corrected chi connectivity index (χ1v) is 9.05. The third-order valence-corrected chi connectivity index (χ3v) is 6.14. The zero-order valence-electron chi connectivity index (χ0n) is 12.3. The van der Waals surface area contributed by atoms with Crippen molar-refractivity contribution >= 4 is 21.7 Å². The van der Waals surface area contributed by atoms with Gasteiger partial charge in [0.1, 0.15) is 6.04 Å². The van der Waals surface area contributed by atoms with Gasteiger partial charge in [0.15, 0.2) is 9.84 Å². The maximum atomic E-state index is 12.6. The summed E-state index contributed by atoms with van der Waals surface area (Å²) >= 11 is 0. The van der Waals surface area contributed by atoms with Crippen molar-refractivity contribution in [3.63, 3.8) is 0 Å². The van der Waals surface area contributed by atoms with Gasteiger partial charge in [-0.2, -0.15) is 0 Å². The number of carbonyl (C=O) groups excluding carboxylic acids is 2. The molecule has 0 aromatic heterocycles. The highest BCUT2D eigenvalue weighted by Crippen LogP contribution is 2.21. The molecule has 1 N–H and O–H groups in total. The number of carbonyl (C=O) groups is 2. The van der Waals surface area contributed by atoms with E-state index in [2.05, 4.69) is 5.32 Å². The van der Waals surface area contributed by atoms with Gasteiger partial charge in [0.05, 0.1) is 11.5 Å². The average Bonchev–Trinajstić information content (AvgIpc) is 2.86. The molecule has 2 atom stereocenters. The van der Waals surface area contributed by atoms with E-state index in [0.717, 1.165) is 5.56 Å². The number of fused-ring (bicyclic) bond motifs is 1. The van der Waals surface area contributed by atoms with Crippen molar-refractivity contribution in [2.45, 2.75) is 24.9 Å². The summed E-state index contributed by atoms with van der Waals surface area (Å²) in [5, 5.41) is 2.72. The smallest absolute Gasteiger partial charge is 0.252 e. The number of hydrogen-bond acceptors (Lipinski definition) is 4. The molecular formula is C15H18N2O4S. The molecule has 0 aliphatic carbocycles. The molecule has 1 fully saturated rings. The van der Waals surface area contributed by atoms with Crippen LogP contribution in [0.4, 0.5) is 0 Å². The summed E-state index contributed by atoms with van der Waals surface area (Å²) in [5.74, 6) is -0.362. The van der Waals surface area contributed by atoms with E-state index in [1.807, 2.05) is 12.1 Å². The van der Waals surface area contributed by atoms with Gasteiger partial charge in [-0.1, -0.05) is 18.2 Å². The number of sulfone groups is 1. The summed E-state index contributed by atoms with van der Waals surface area (Å²) in [6.45, 7) is 0. The molecule has 2 amide bonds. The topological polar surface area (TPSA) is 83.6 Å². The second-order valence-electron chi connectivity index (χ2n) is 5.89. The minimum Gasteiger partial charge on any atom is -0.340 e. The molecular weight excluding hydrogens is 304 g/mol. The van der Waals surface area contributed by atoms with E-state index in [1.54, 1.807) is 19.2 Å². The summed E-state index contributed by atoms with van der Waals surface area (Å²) in [7, 11) is -1.43. The standard InChI is InChI=1S/C15H18N2O4S/c1-17(11-6-7-22(20,21)9-11)15(19)13-8-10-4-2-3-5-12(10)14(18)16-13/h2-5,11,13H,6-9H2,1H3,(H,16,18). The van der Waals surface area contributed by atoms with Crippen LogP contribution < -0.4 is 5.32 Å². The quantitative estimate of drug-likeness (QED) is 0.830. The number of amides is 2. The fraction of sp³-hybridized carbons (Fsp3) is 0.467. The predicted octanol–water partition coefficient (Wildman–Crippen LogP) is -0.0134. The van der Waals surface area contributed by atoms with Crippen molar-refractivity contribution in [3.8, 4) is 0 Å². The highest BCUT2D eigenvalue weighted by molar-refractivity contribution is 7.91. The van der Waals surface area contributed by atoms with Gasteiger partial charge in [0.2, 0.25) is 5.91 Å². The molecule has 1 saturated heterocycles. The summed E-state index contributed by atoms with van der Waals surface area (Å²) in [4.78, 5) is 26.1. The van der Waals surface area contributed by atoms with Crippen LogP contribution in [0, 0.1) is 0 Å². The molecule has 3 rings (SSSR count). The van der Waals surface area contributed by atoms with Crippen molar-refractivity contribution in [3.05, 3.63) is 35.4 Å². The highest BCUT2D eigenvalue weighted by atomic mass is 32.2. The Kier molecular flexibility index (Phi) is 3.68. The van der Waals surface area contributed by atoms with Gasteiger partial charge in [0.25, 0.3) is 5.91 Å². The Morgan fingerprint density at radius 2 is 2.05 bits per heavy atom. The second-order valence-corrected chi connectivity index (χ2v) is 8.12. The lowest BCUT2D eigenvalue weighted by atomic mass is 9.94. The summed E-state index contributed by atoms with van der Waals surface area (Å²) in [6, 6.07) is 6.28. The molecule has 2 heterocycles. The lowest BCUT2D eigenvalue weighted by Gasteiger charge is -2.31. The Hall–Kier alpha value is -1.89. The number of benzene rings is 1. The van der Waals surface area contributed by atoms with Crippen LogP contribution in [0.25, 0.3) is 0 Å². The molecule has 2 aliphatic rings. The third-order valence-electron chi connectivity index (χ3n) is 4.39. The fourth-order valence-corrected chi connectivity index (χ4v) is 4.86. The van der Waals surface area contributed by atoms with Crippen molar-refractivity contribution in [2.75, 3.05) is 18.6 Å². The molecule has 0 spiro atoms. The lowest BCUT2D eigenvalue weighted by Crippen LogP contribution is -2.53. The first-order valence-electron chi connectivity index (χ1n) is 7.23. The van der Waals surface area contributed by atoms with Gasteiger partial charge in [-0.3, -0.25) is 9.59 Å². The zero-order chi connectivity index (χ0) is 15.9. The lowest BCUT2D eigenvalue weighted by molar-refractivity contribution is -0.133. The van der Waals surface area contributed by atoms with Crippen molar-refractivity contribution < 1.29 is 18.0 Å². The molecule has 0 bridgehead atoms. The Balaban J connectivity index is 1.75. The maximum Gasteiger partial charge on any atom is 0.252 e. The number of hydrogen-bond donors (Lipinski definition) is 1. The monoisotopic (exact) mass is 322 g/mol. The predicted molar refractivity (Wildman–Crippen MR) is 81.2 cm³/mol. The number of nitrogens with zero attached hydrogens (tertiary/aromatic N) is 1. The van der Waals surface area contributed by atoms with Gasteiger partial charge >= 0.3 is 0 Å². The third kappa shape index (κ3) is 2.72. The van der Waals surface area contributed by atoms with Gasteiger partial charge < -0.3 is 10.2 Å². The van der Waals surface area contributed by atoms with Crippen LogP contribution in [0.15, 0.2) is 24.3 Å². The Bertz CT molecular complexity index is 729. The van der Waals surface area contributed by atoms with Gasteiger partial charge in [-0.05, 0) is 18.1 Å². The number of rotatable bonds is 2. The maximum absolute atomic E-state index is 12.6. The van der Waals surface area contributed by atoms with Crippen LogP contribution in [0.2, 0.25) is 0 Å². The van der Waals surface area contributed by atoms with E-state index in [9.17, 15) is 18.0 Å². The first-order chi connectivity index (χ1) is 10.4. The molecule has 0 saturated carbocycles. The minimum absolute atomic E-state index is 0.00644. The zero-order valence-corrected chi connectivity index (χ0v) is 13.1. The van der Waals surface area contributed by atoms with E-state index in [4.69, 9.17) is 0 Å². The van der Waals surface area contributed by atoms with E-state index in [-0.39, 0.29) is 29.4 Å². The van der Waals surface area contributed by atoms with Crippen LogP contribution >= 0.6 is 0 Å². The van der Waals surface area contributed by atoms with Crippen molar-refractivity contribution in [1.29, 1.82) is 0 Å². The molecule has 2 unspecified atom stereocenters. The first kappa shape index (κ1) is 15.0. The fourth-order valence-electron chi connectivity index (χ4n) is 3.08. The number of nitrogens with one attached hydrogen (secondary N) is 1. The van der Waals surface area contributed by atoms with E-state index in [0.29, 0.717) is 18.4 Å². The number of likely N-dealkylation sites (N-methyl/N-ethyl adjacent to an activating group) is 1. The second kappa shape index (κ2) is 5.39. The average molecular weight is 322 g/mol. The largest absolute Gasteiger partial charge is 0.340 e. The van der Waals surface area contributed by atoms with E-state index in [1.165, 1.54) is 4.90 Å². The summed E-state index contributed by atoms with van der Waals surface area (Å²) in [5.41, 5.74) is 1.44. The molecule has 1 aromatic rings.